The molecule has 0 bridgehead atoms. The van der Waals surface area contributed by atoms with Gasteiger partial charge in [-0.2, -0.15) is 0 Å². The summed E-state index contributed by atoms with van der Waals surface area (Å²) < 4.78 is 11.2. The van der Waals surface area contributed by atoms with E-state index in [0.717, 1.165) is 37.9 Å². The molecule has 0 unspecified atom stereocenters. The Labute approximate surface area is 174 Å². The van der Waals surface area contributed by atoms with Crippen molar-refractivity contribution >= 4 is 34.4 Å². The summed E-state index contributed by atoms with van der Waals surface area (Å²) in [6, 6.07) is 11.0. The molecule has 146 valence electrons. The number of furan rings is 1. The van der Waals surface area contributed by atoms with Crippen molar-refractivity contribution < 1.29 is 19.1 Å². The van der Waals surface area contributed by atoms with Crippen LogP contribution in [-0.2, 0) is 6.61 Å². The van der Waals surface area contributed by atoms with E-state index in [0.29, 0.717) is 17.2 Å². The predicted octanol–water partition coefficient (Wildman–Crippen LogP) is 5.80. The summed E-state index contributed by atoms with van der Waals surface area (Å²) in [6.07, 6.45) is 3.21. The molecule has 4 aromatic rings. The first-order valence-electron chi connectivity index (χ1n) is 8.64. The van der Waals surface area contributed by atoms with Gasteiger partial charge in [0.1, 0.15) is 11.5 Å². The molecular weight excluding hydrogens is 408 g/mol. The van der Waals surface area contributed by atoms with E-state index in [1.165, 1.54) is 0 Å². The van der Waals surface area contributed by atoms with Gasteiger partial charge in [0, 0.05) is 21.7 Å². The van der Waals surface area contributed by atoms with Crippen LogP contribution in [-0.4, -0.2) is 21.8 Å². The second kappa shape index (κ2) is 8.02. The van der Waals surface area contributed by atoms with E-state index in [-0.39, 0.29) is 11.5 Å². The monoisotopic (exact) mass is 424 g/mol. The molecule has 0 aliphatic carbocycles. The molecule has 29 heavy (non-hydrogen) atoms. The third kappa shape index (κ3) is 3.98. The van der Waals surface area contributed by atoms with Crippen molar-refractivity contribution in [1.82, 2.24) is 4.98 Å². The number of nitrogens with one attached hydrogen (secondary N) is 1. The van der Waals surface area contributed by atoms with Crippen molar-refractivity contribution in [1.29, 1.82) is 5.41 Å². The van der Waals surface area contributed by atoms with Crippen molar-refractivity contribution in [2.75, 3.05) is 0 Å². The zero-order chi connectivity index (χ0) is 20.4. The zero-order valence-corrected chi connectivity index (χ0v) is 17.0. The summed E-state index contributed by atoms with van der Waals surface area (Å²) in [4.78, 5) is 17.8. The van der Waals surface area contributed by atoms with Gasteiger partial charge in [-0.3, -0.25) is 0 Å². The Balaban J connectivity index is 1.77. The average Bonchev–Trinajstić information content (AvgIpc) is 3.48. The number of aromatic carboxylic acids is 1. The van der Waals surface area contributed by atoms with Gasteiger partial charge in [0.25, 0.3) is 0 Å². The summed E-state index contributed by atoms with van der Waals surface area (Å²) in [7, 11) is 0. The van der Waals surface area contributed by atoms with E-state index >= 15 is 0 Å². The molecule has 8 heteroatoms. The fraction of sp³-hybridized carbons (Fsp3) is 0.0952. The number of carboxylic acid groups (broad SMARTS) is 1. The van der Waals surface area contributed by atoms with Gasteiger partial charge < -0.3 is 19.7 Å². The normalized spacial score (nSPS) is 10.8. The number of rotatable bonds is 7. The van der Waals surface area contributed by atoms with Crippen molar-refractivity contribution in [3.63, 3.8) is 0 Å². The Morgan fingerprint density at radius 1 is 1.31 bits per heavy atom. The second-order valence-corrected chi connectivity index (χ2v) is 8.33. The Morgan fingerprint density at radius 2 is 2.17 bits per heavy atom. The van der Waals surface area contributed by atoms with Gasteiger partial charge in [-0.25, -0.2) is 9.78 Å². The van der Waals surface area contributed by atoms with E-state index in [1.54, 1.807) is 42.9 Å². The minimum atomic E-state index is -0.961. The number of hydrogen-bond donors (Lipinski definition) is 2. The number of hydrogen-bond acceptors (Lipinski definition) is 7. The van der Waals surface area contributed by atoms with Crippen molar-refractivity contribution in [2.45, 2.75) is 13.5 Å². The number of carboxylic acids is 1. The molecule has 0 spiro atoms. The first kappa shape index (κ1) is 19.1. The Bertz CT molecular complexity index is 1160. The quantitative estimate of drug-likeness (QED) is 0.366. The average molecular weight is 425 g/mol. The van der Waals surface area contributed by atoms with E-state index in [9.17, 15) is 4.79 Å². The molecule has 0 amide bonds. The molecule has 0 radical (unpaired) electrons. The highest BCUT2D eigenvalue weighted by atomic mass is 32.1. The molecule has 4 heterocycles. The lowest BCUT2D eigenvalue weighted by molar-refractivity contribution is 0.0702. The molecule has 0 aromatic carbocycles. The Hall–Kier alpha value is -3.23. The topological polar surface area (TPSA) is 96.4 Å². The Kier molecular flexibility index (Phi) is 5.28. The van der Waals surface area contributed by atoms with Crippen LogP contribution in [0.3, 0.4) is 0 Å². The van der Waals surface area contributed by atoms with Crippen LogP contribution in [0.2, 0.25) is 0 Å². The molecule has 0 fully saturated rings. The Morgan fingerprint density at radius 3 is 2.79 bits per heavy atom. The van der Waals surface area contributed by atoms with Crippen LogP contribution in [0.15, 0.2) is 58.7 Å². The van der Waals surface area contributed by atoms with Crippen molar-refractivity contribution in [3.8, 4) is 27.6 Å². The van der Waals surface area contributed by atoms with Gasteiger partial charge in [0.05, 0.1) is 28.7 Å². The van der Waals surface area contributed by atoms with E-state index in [2.05, 4.69) is 4.98 Å². The number of carbonyl (C=O) groups is 1. The lowest BCUT2D eigenvalue weighted by Gasteiger charge is -2.15. The summed E-state index contributed by atoms with van der Waals surface area (Å²) in [5, 5.41) is 19.4. The molecule has 0 aliphatic heterocycles. The SMILES string of the molecule is CC(=N)c1c(-c2ccoc2)cc(-c2cccs2)nc1OCc1ccc(C(=O)O)s1. The molecule has 4 aromatic heterocycles. The lowest BCUT2D eigenvalue weighted by atomic mass is 9.99. The highest BCUT2D eigenvalue weighted by molar-refractivity contribution is 7.14. The van der Waals surface area contributed by atoms with Crippen LogP contribution in [0.25, 0.3) is 21.7 Å². The molecule has 0 aliphatic rings. The molecule has 2 N–H and O–H groups in total. The fourth-order valence-corrected chi connectivity index (χ4v) is 4.34. The first-order valence-corrected chi connectivity index (χ1v) is 10.3. The van der Waals surface area contributed by atoms with E-state index in [4.69, 9.17) is 19.7 Å². The maximum absolute atomic E-state index is 11.1. The van der Waals surface area contributed by atoms with Crippen LogP contribution < -0.4 is 4.74 Å². The van der Waals surface area contributed by atoms with E-state index < -0.39 is 5.97 Å². The molecule has 0 atom stereocenters. The smallest absolute Gasteiger partial charge is 0.345 e. The maximum Gasteiger partial charge on any atom is 0.345 e. The summed E-state index contributed by atoms with van der Waals surface area (Å²) in [5.74, 6) is -0.623. The number of thiophene rings is 2. The highest BCUT2D eigenvalue weighted by Crippen LogP contribution is 2.36. The van der Waals surface area contributed by atoms with Crippen LogP contribution in [0.1, 0.15) is 27.0 Å². The predicted molar refractivity (Wildman–Crippen MR) is 113 cm³/mol. The number of aromatic nitrogens is 1. The molecule has 6 nitrogen and oxygen atoms in total. The van der Waals surface area contributed by atoms with Gasteiger partial charge in [-0.1, -0.05) is 6.07 Å². The summed E-state index contributed by atoms with van der Waals surface area (Å²) >= 11 is 2.73. The van der Waals surface area contributed by atoms with Crippen LogP contribution in [0.4, 0.5) is 0 Å². The van der Waals surface area contributed by atoms with Crippen LogP contribution in [0, 0.1) is 5.41 Å². The lowest BCUT2D eigenvalue weighted by Crippen LogP contribution is -2.06. The largest absolute Gasteiger partial charge is 0.477 e. The van der Waals surface area contributed by atoms with Gasteiger partial charge in [0.2, 0.25) is 5.88 Å². The maximum atomic E-state index is 11.1. The zero-order valence-electron chi connectivity index (χ0n) is 15.3. The van der Waals surface area contributed by atoms with Gasteiger partial charge >= 0.3 is 5.97 Å². The van der Waals surface area contributed by atoms with Gasteiger partial charge in [-0.15, -0.1) is 22.7 Å². The fourth-order valence-electron chi connectivity index (χ4n) is 2.89. The van der Waals surface area contributed by atoms with Crippen LogP contribution >= 0.6 is 22.7 Å². The molecule has 0 saturated carbocycles. The molecule has 0 saturated heterocycles. The van der Waals surface area contributed by atoms with Gasteiger partial charge in [0.15, 0.2) is 0 Å². The molecule has 4 rings (SSSR count). The molecular formula is C21H16N2O4S2. The standard InChI is InChI=1S/C21H16N2O4S2/c1-12(22)19-15(13-6-7-26-10-13)9-16(17-3-2-8-28-17)23-20(19)27-11-14-4-5-18(29-14)21(24)25/h2-10,22H,11H2,1H3,(H,24,25). The van der Waals surface area contributed by atoms with Crippen LogP contribution in [0.5, 0.6) is 5.88 Å². The highest BCUT2D eigenvalue weighted by Gasteiger charge is 2.20. The minimum Gasteiger partial charge on any atom is -0.477 e. The number of nitrogens with zero attached hydrogens (tertiary/aromatic N) is 1. The number of pyridine rings is 1. The van der Waals surface area contributed by atoms with Crippen molar-refractivity contribution in [2.24, 2.45) is 0 Å². The first-order chi connectivity index (χ1) is 14.0. The third-order valence-electron chi connectivity index (χ3n) is 4.19. The minimum absolute atomic E-state index is 0.171. The summed E-state index contributed by atoms with van der Waals surface area (Å²) in [5.41, 5.74) is 3.28. The second-order valence-electron chi connectivity index (χ2n) is 6.21. The summed E-state index contributed by atoms with van der Waals surface area (Å²) in [6.45, 7) is 1.86. The third-order valence-corrected chi connectivity index (χ3v) is 6.13. The number of ether oxygens (including phenoxy) is 1. The van der Waals surface area contributed by atoms with E-state index in [1.807, 2.05) is 29.6 Å². The van der Waals surface area contributed by atoms with Crippen molar-refractivity contribution in [3.05, 3.63) is 69.6 Å². The van der Waals surface area contributed by atoms with Gasteiger partial charge in [-0.05, 0) is 42.6 Å².